The van der Waals surface area contributed by atoms with Gasteiger partial charge in [0.15, 0.2) is 12.1 Å². The largest absolute Gasteiger partial charge is 1.00 e. The number of nitriles is 2. The van der Waals surface area contributed by atoms with Crippen LogP contribution in [0, 0.1) is 33.5 Å². The molecule has 0 aliphatic carbocycles. The maximum atomic E-state index is 13.9. The zero-order valence-corrected chi connectivity index (χ0v) is 40.3. The van der Waals surface area contributed by atoms with Gasteiger partial charge in [0, 0.05) is 0 Å². The summed E-state index contributed by atoms with van der Waals surface area (Å²) in [7, 11) is 2.80. The number of hydrogen-bond acceptors (Lipinski definition) is 13. The standard InChI is InChI=1S/C39H44N6O9.2K.2H/c1-11-27-29(51-25-17-13-23(21-40)14-18-25)33(49-9)42-44(27)31(38(3,4)5)35(46)53-37(48)54-36(47)32(39(6,7)8)45-28(12-2)30(34(43-45)50-10)52-26-19-15-24(22-41)16-20-26;;;;/h13-20,31-32H,11-12H2,1-10H3;;;;/q;2*+1;2*-1. The van der Waals surface area contributed by atoms with Gasteiger partial charge >= 0.3 is 121 Å². The first-order valence-corrected chi connectivity index (χ1v) is 17.1. The molecule has 0 bridgehead atoms. The van der Waals surface area contributed by atoms with Crippen LogP contribution in [0.25, 0.3) is 0 Å². The summed E-state index contributed by atoms with van der Waals surface area (Å²) >= 11 is 0. The van der Waals surface area contributed by atoms with E-state index in [1.807, 2.05) is 13.8 Å². The van der Waals surface area contributed by atoms with Crippen molar-refractivity contribution in [2.24, 2.45) is 10.8 Å². The summed E-state index contributed by atoms with van der Waals surface area (Å²) in [4.78, 5) is 41.0. The first-order chi connectivity index (χ1) is 25.5. The van der Waals surface area contributed by atoms with Crippen LogP contribution in [0.4, 0.5) is 4.79 Å². The van der Waals surface area contributed by atoms with E-state index < -0.39 is 41.0 Å². The summed E-state index contributed by atoms with van der Waals surface area (Å²) in [5, 5.41) is 27.3. The number of aromatic nitrogens is 4. The van der Waals surface area contributed by atoms with Gasteiger partial charge in [-0.2, -0.15) is 10.5 Å². The molecule has 15 nitrogen and oxygen atoms in total. The molecule has 0 amide bonds. The molecule has 4 aromatic rings. The molecule has 0 radical (unpaired) electrons. The molecule has 17 heteroatoms. The zero-order chi connectivity index (χ0) is 40.0. The number of nitrogens with zero attached hydrogens (tertiary/aromatic N) is 6. The number of benzene rings is 2. The zero-order valence-electron chi connectivity index (χ0n) is 36.0. The molecule has 0 fully saturated rings. The molecule has 0 saturated carbocycles. The molecule has 0 saturated heterocycles. The van der Waals surface area contributed by atoms with Gasteiger partial charge in [-0.05, 0) is 72.2 Å². The number of carbonyl (C=O) groups is 3. The van der Waals surface area contributed by atoms with Crippen molar-refractivity contribution in [2.75, 3.05) is 14.2 Å². The number of carbonyl (C=O) groups excluding carboxylic acids is 3. The van der Waals surface area contributed by atoms with Gasteiger partial charge < -0.3 is 31.3 Å². The number of esters is 2. The van der Waals surface area contributed by atoms with Crippen LogP contribution in [0.1, 0.15) is 92.8 Å². The fraction of sp³-hybridized carbons (Fsp3) is 0.410. The molecule has 288 valence electrons. The molecule has 2 atom stereocenters. The van der Waals surface area contributed by atoms with Crippen molar-refractivity contribution >= 4 is 18.1 Å². The molecule has 2 unspecified atom stereocenters. The first kappa shape index (κ1) is 49.1. The van der Waals surface area contributed by atoms with E-state index in [0.717, 1.165) is 0 Å². The van der Waals surface area contributed by atoms with Crippen molar-refractivity contribution in [3.63, 3.8) is 0 Å². The predicted molar refractivity (Wildman–Crippen MR) is 196 cm³/mol. The molecule has 56 heavy (non-hydrogen) atoms. The van der Waals surface area contributed by atoms with E-state index in [2.05, 4.69) is 22.3 Å². The van der Waals surface area contributed by atoms with Crippen LogP contribution in [0.5, 0.6) is 34.8 Å². The number of ether oxygens (including phenoxy) is 6. The van der Waals surface area contributed by atoms with Crippen LogP contribution in [0.3, 0.4) is 0 Å². The van der Waals surface area contributed by atoms with Crippen molar-refractivity contribution in [3.05, 3.63) is 71.0 Å². The van der Waals surface area contributed by atoms with Crippen molar-refractivity contribution in [3.8, 4) is 46.9 Å². The average molecular weight is 821 g/mol. The molecule has 2 aromatic carbocycles. The van der Waals surface area contributed by atoms with Gasteiger partial charge in [0.05, 0.1) is 48.9 Å². The number of hydrogen-bond donors (Lipinski definition) is 0. The van der Waals surface area contributed by atoms with Gasteiger partial charge in [-0.1, -0.05) is 55.4 Å². The van der Waals surface area contributed by atoms with Gasteiger partial charge in [0.1, 0.15) is 11.5 Å². The van der Waals surface area contributed by atoms with Gasteiger partial charge in [-0.3, -0.25) is 0 Å². The van der Waals surface area contributed by atoms with E-state index in [9.17, 15) is 14.4 Å². The number of rotatable bonds is 12. The summed E-state index contributed by atoms with van der Waals surface area (Å²) in [6.45, 7) is 14.2. The third kappa shape index (κ3) is 11.5. The van der Waals surface area contributed by atoms with Crippen molar-refractivity contribution in [2.45, 2.75) is 80.3 Å². The van der Waals surface area contributed by atoms with E-state index in [4.69, 9.17) is 38.9 Å². The summed E-state index contributed by atoms with van der Waals surface area (Å²) in [6, 6.07) is 14.6. The van der Waals surface area contributed by atoms with Crippen molar-refractivity contribution in [1.82, 2.24) is 19.6 Å². The van der Waals surface area contributed by atoms with Gasteiger partial charge in [-0.25, -0.2) is 23.7 Å². The smallest absolute Gasteiger partial charge is 1.00 e. The fourth-order valence-electron chi connectivity index (χ4n) is 5.77. The Morgan fingerprint density at radius 1 is 0.661 bits per heavy atom. The molecule has 0 N–H and O–H groups in total. The second-order valence-electron chi connectivity index (χ2n) is 14.3. The normalized spacial score (nSPS) is 12.0. The number of methoxy groups -OCH3 is 2. The maximum absolute atomic E-state index is 13.9. The Morgan fingerprint density at radius 2 is 0.982 bits per heavy atom. The molecular weight excluding hydrogens is 775 g/mol. The van der Waals surface area contributed by atoms with Crippen LogP contribution in [-0.4, -0.2) is 51.9 Å². The quantitative estimate of drug-likeness (QED) is 0.115. The summed E-state index contributed by atoms with van der Waals surface area (Å²) in [6.07, 6.45) is -0.866. The second-order valence-corrected chi connectivity index (χ2v) is 14.3. The Labute approximate surface area is 414 Å². The Morgan fingerprint density at radius 3 is 1.23 bits per heavy atom. The van der Waals surface area contributed by atoms with Crippen LogP contribution in [0.15, 0.2) is 48.5 Å². The topological polar surface area (TPSA) is 190 Å². The monoisotopic (exact) mass is 820 g/mol. The van der Waals surface area contributed by atoms with E-state index in [0.29, 0.717) is 46.9 Å². The molecule has 2 heterocycles. The summed E-state index contributed by atoms with van der Waals surface area (Å²) < 4.78 is 36.4. The van der Waals surface area contributed by atoms with E-state index in [1.54, 1.807) is 90.1 Å². The van der Waals surface area contributed by atoms with Crippen molar-refractivity contribution in [1.29, 1.82) is 10.5 Å². The third-order valence-corrected chi connectivity index (χ3v) is 8.27. The van der Waals surface area contributed by atoms with Gasteiger partial charge in [0.25, 0.3) is 11.8 Å². The summed E-state index contributed by atoms with van der Waals surface area (Å²) in [5.74, 6) is -0.637. The van der Waals surface area contributed by atoms with E-state index in [-0.39, 0.29) is 129 Å². The minimum absolute atomic E-state index is 0. The Bertz CT molecular complexity index is 1950. The average Bonchev–Trinajstić information content (AvgIpc) is 3.63. The van der Waals surface area contributed by atoms with E-state index >= 15 is 0 Å². The maximum Gasteiger partial charge on any atom is 1.00 e. The second kappa shape index (κ2) is 21.1. The molecule has 4 rings (SSSR count). The summed E-state index contributed by atoms with van der Waals surface area (Å²) in [5.41, 5.74) is 0.0606. The van der Waals surface area contributed by atoms with Gasteiger partial charge in [-0.15, -0.1) is 10.2 Å². The van der Waals surface area contributed by atoms with Crippen LogP contribution in [-0.2, 0) is 31.9 Å². The predicted octanol–water partition coefficient (Wildman–Crippen LogP) is 1.86. The Kier molecular flexibility index (Phi) is 18.5. The molecule has 2 aromatic heterocycles. The SMILES string of the molecule is CCc1c(Oc2ccc(C#N)cc2)c(OC)nn1C(C(=O)OC(=O)OC(=O)C(n1nc(OC)c(Oc2ccc(C#N)cc2)c1CC)C(C)(C)C)C(C)(C)C.[H-].[H-].[K+].[K+]. The van der Waals surface area contributed by atoms with Crippen molar-refractivity contribution < 1.29 is 148 Å². The minimum Gasteiger partial charge on any atom is -1.00 e. The minimum atomic E-state index is -1.54. The Balaban J connectivity index is 0.00000812. The van der Waals surface area contributed by atoms with Gasteiger partial charge in [0.2, 0.25) is 11.5 Å². The third-order valence-electron chi connectivity index (χ3n) is 8.27. The first-order valence-electron chi connectivity index (χ1n) is 17.1. The van der Waals surface area contributed by atoms with Crippen LogP contribution < -0.4 is 122 Å². The Hall–Kier alpha value is -3.08. The van der Waals surface area contributed by atoms with Crippen LogP contribution >= 0.6 is 0 Å². The molecule has 0 spiro atoms. The molecule has 0 aliphatic rings. The molecular formula is C39H46K2N6O9. The molecule has 0 aliphatic heterocycles. The van der Waals surface area contributed by atoms with Crippen LogP contribution in [0.2, 0.25) is 0 Å². The fourth-order valence-corrected chi connectivity index (χ4v) is 5.77. The van der Waals surface area contributed by atoms with E-state index in [1.165, 1.54) is 23.6 Å².